The van der Waals surface area contributed by atoms with Crippen LogP contribution in [0.15, 0.2) is 24.3 Å². The molecule has 1 heterocycles. The fraction of sp³-hybridized carbons (Fsp3) is 0.611. The quantitative estimate of drug-likeness (QED) is 0.873. The molecule has 1 saturated carbocycles. The van der Waals surface area contributed by atoms with E-state index in [-0.39, 0.29) is 11.8 Å². The second-order valence-electron chi connectivity index (χ2n) is 6.70. The molecule has 3 N–H and O–H groups in total. The van der Waals surface area contributed by atoms with Crippen molar-refractivity contribution < 1.29 is 4.79 Å². The van der Waals surface area contributed by atoms with Crippen LogP contribution in [0.3, 0.4) is 0 Å². The normalized spacial score (nSPS) is 25.1. The van der Waals surface area contributed by atoms with Crippen LogP contribution in [0, 0.1) is 11.8 Å². The van der Waals surface area contributed by atoms with Crippen LogP contribution in [0.2, 0.25) is 0 Å². The van der Waals surface area contributed by atoms with Crippen molar-refractivity contribution in [1.29, 1.82) is 0 Å². The number of nitrogens with zero attached hydrogens (tertiary/aromatic N) is 1. The molecular formula is C18H27N3O. The van der Waals surface area contributed by atoms with Gasteiger partial charge in [0.2, 0.25) is 5.91 Å². The molecule has 3 rings (SSSR count). The smallest absolute Gasteiger partial charge is 0.223 e. The number of rotatable bonds is 5. The molecule has 0 saturated heterocycles. The van der Waals surface area contributed by atoms with E-state index < -0.39 is 0 Å². The minimum absolute atomic E-state index is 0.128. The van der Waals surface area contributed by atoms with Gasteiger partial charge in [-0.15, -0.1) is 0 Å². The molecule has 22 heavy (non-hydrogen) atoms. The Kier molecular flexibility index (Phi) is 4.67. The molecule has 1 aliphatic carbocycles. The van der Waals surface area contributed by atoms with E-state index in [0.717, 1.165) is 32.2 Å². The van der Waals surface area contributed by atoms with Gasteiger partial charge in [0.1, 0.15) is 0 Å². The lowest BCUT2D eigenvalue weighted by atomic mass is 9.95. The highest BCUT2D eigenvalue weighted by Gasteiger charge is 2.32. The second kappa shape index (κ2) is 6.69. The van der Waals surface area contributed by atoms with Gasteiger partial charge in [-0.2, -0.15) is 0 Å². The predicted molar refractivity (Wildman–Crippen MR) is 89.8 cm³/mol. The number of para-hydroxylation sites is 1. The molecular weight excluding hydrogens is 274 g/mol. The van der Waals surface area contributed by atoms with Gasteiger partial charge in [-0.1, -0.05) is 24.6 Å². The standard InChI is InChI=1S/C18H27N3O/c1-13(21-10-9-14-5-2-3-8-17(14)21)12-20-18(22)16-7-4-6-15(16)11-19/h2-3,5,8,13,15-16H,4,6-7,9-12,19H2,1H3,(H,20,22)/t13?,15-,16-/m1/s1. The van der Waals surface area contributed by atoms with E-state index in [1.54, 1.807) is 0 Å². The van der Waals surface area contributed by atoms with Crippen LogP contribution >= 0.6 is 0 Å². The Morgan fingerprint density at radius 3 is 3.05 bits per heavy atom. The number of nitrogens with two attached hydrogens (primary N) is 1. The van der Waals surface area contributed by atoms with Crippen molar-refractivity contribution >= 4 is 11.6 Å². The minimum atomic E-state index is 0.128. The number of fused-ring (bicyclic) bond motifs is 1. The second-order valence-corrected chi connectivity index (χ2v) is 6.70. The van der Waals surface area contributed by atoms with Crippen molar-refractivity contribution in [3.05, 3.63) is 29.8 Å². The molecule has 1 unspecified atom stereocenters. The highest BCUT2D eigenvalue weighted by molar-refractivity contribution is 5.79. The average molecular weight is 301 g/mol. The first-order valence-electron chi connectivity index (χ1n) is 8.53. The number of anilines is 1. The largest absolute Gasteiger partial charge is 0.366 e. The summed E-state index contributed by atoms with van der Waals surface area (Å²) in [6.07, 6.45) is 4.33. The van der Waals surface area contributed by atoms with E-state index in [9.17, 15) is 4.79 Å². The van der Waals surface area contributed by atoms with Crippen molar-refractivity contribution in [2.24, 2.45) is 17.6 Å². The van der Waals surface area contributed by atoms with Gasteiger partial charge in [-0.05, 0) is 50.3 Å². The summed E-state index contributed by atoms with van der Waals surface area (Å²) < 4.78 is 0. The van der Waals surface area contributed by atoms with Gasteiger partial charge in [-0.3, -0.25) is 4.79 Å². The first kappa shape index (κ1) is 15.3. The maximum atomic E-state index is 12.4. The summed E-state index contributed by atoms with van der Waals surface area (Å²) in [5, 5.41) is 3.16. The predicted octanol–water partition coefficient (Wildman–Crippen LogP) is 1.93. The van der Waals surface area contributed by atoms with Crippen LogP contribution in [-0.2, 0) is 11.2 Å². The number of hydrogen-bond donors (Lipinski definition) is 2. The Labute approximate surface area is 133 Å². The van der Waals surface area contributed by atoms with Gasteiger partial charge in [0, 0.05) is 30.7 Å². The first-order valence-corrected chi connectivity index (χ1v) is 8.53. The molecule has 0 spiro atoms. The summed E-state index contributed by atoms with van der Waals surface area (Å²) in [7, 11) is 0. The van der Waals surface area contributed by atoms with Crippen molar-refractivity contribution in [1.82, 2.24) is 5.32 Å². The van der Waals surface area contributed by atoms with E-state index in [1.165, 1.54) is 11.3 Å². The topological polar surface area (TPSA) is 58.4 Å². The number of carbonyl (C=O) groups is 1. The molecule has 3 atom stereocenters. The van der Waals surface area contributed by atoms with Crippen molar-refractivity contribution in [2.75, 3.05) is 24.5 Å². The molecule has 0 radical (unpaired) electrons. The first-order chi connectivity index (χ1) is 10.7. The Morgan fingerprint density at radius 2 is 2.23 bits per heavy atom. The van der Waals surface area contributed by atoms with Crippen LogP contribution < -0.4 is 16.0 Å². The van der Waals surface area contributed by atoms with Crippen molar-refractivity contribution in [3.63, 3.8) is 0 Å². The zero-order chi connectivity index (χ0) is 15.5. The fourth-order valence-electron chi connectivity index (χ4n) is 3.98. The number of amides is 1. The Bertz CT molecular complexity index is 531. The molecule has 1 aromatic rings. The van der Waals surface area contributed by atoms with Crippen molar-refractivity contribution in [3.8, 4) is 0 Å². The van der Waals surface area contributed by atoms with E-state index in [0.29, 0.717) is 25.0 Å². The van der Waals surface area contributed by atoms with Gasteiger partial charge in [0.15, 0.2) is 0 Å². The highest BCUT2D eigenvalue weighted by Crippen LogP contribution is 2.31. The zero-order valence-corrected chi connectivity index (χ0v) is 13.4. The summed E-state index contributed by atoms with van der Waals surface area (Å²) in [5.74, 6) is 0.707. The average Bonchev–Trinajstić information content (AvgIpc) is 3.18. The molecule has 1 aliphatic heterocycles. The number of carbonyl (C=O) groups excluding carboxylic acids is 1. The molecule has 120 valence electrons. The van der Waals surface area contributed by atoms with Gasteiger partial charge in [-0.25, -0.2) is 0 Å². The Morgan fingerprint density at radius 1 is 1.41 bits per heavy atom. The molecule has 0 bridgehead atoms. The van der Waals surface area contributed by atoms with E-state index in [1.807, 2.05) is 0 Å². The van der Waals surface area contributed by atoms with Crippen molar-refractivity contribution in [2.45, 2.75) is 38.6 Å². The summed E-state index contributed by atoms with van der Waals surface area (Å²) in [5.41, 5.74) is 8.52. The molecule has 4 nitrogen and oxygen atoms in total. The fourth-order valence-corrected chi connectivity index (χ4v) is 3.98. The Balaban J connectivity index is 1.55. The molecule has 1 amide bonds. The lowest BCUT2D eigenvalue weighted by molar-refractivity contribution is -0.126. The molecule has 2 aliphatic rings. The Hall–Kier alpha value is -1.55. The van der Waals surface area contributed by atoms with E-state index in [2.05, 4.69) is 41.4 Å². The minimum Gasteiger partial charge on any atom is -0.366 e. The van der Waals surface area contributed by atoms with Crippen LogP contribution in [0.1, 0.15) is 31.7 Å². The number of hydrogen-bond acceptors (Lipinski definition) is 3. The highest BCUT2D eigenvalue weighted by atomic mass is 16.1. The van der Waals surface area contributed by atoms with Gasteiger partial charge in [0.25, 0.3) is 0 Å². The van der Waals surface area contributed by atoms with Crippen LogP contribution in [-0.4, -0.2) is 31.6 Å². The van der Waals surface area contributed by atoms with E-state index in [4.69, 9.17) is 5.73 Å². The maximum absolute atomic E-state index is 12.4. The van der Waals surface area contributed by atoms with Gasteiger partial charge < -0.3 is 16.0 Å². The van der Waals surface area contributed by atoms with Gasteiger partial charge in [0.05, 0.1) is 0 Å². The number of nitrogens with one attached hydrogen (secondary N) is 1. The molecule has 1 fully saturated rings. The lowest BCUT2D eigenvalue weighted by Gasteiger charge is -2.28. The van der Waals surface area contributed by atoms with Gasteiger partial charge >= 0.3 is 0 Å². The van der Waals surface area contributed by atoms with Crippen LogP contribution in [0.25, 0.3) is 0 Å². The molecule has 0 aromatic heterocycles. The summed E-state index contributed by atoms with van der Waals surface area (Å²) in [6, 6.07) is 8.90. The third-order valence-corrected chi connectivity index (χ3v) is 5.33. The summed E-state index contributed by atoms with van der Waals surface area (Å²) in [6.45, 7) is 4.58. The van der Waals surface area contributed by atoms with Crippen LogP contribution in [0.5, 0.6) is 0 Å². The monoisotopic (exact) mass is 301 g/mol. The number of benzene rings is 1. The lowest BCUT2D eigenvalue weighted by Crippen LogP contribution is -2.44. The zero-order valence-electron chi connectivity index (χ0n) is 13.4. The maximum Gasteiger partial charge on any atom is 0.223 e. The summed E-state index contributed by atoms with van der Waals surface area (Å²) >= 11 is 0. The van der Waals surface area contributed by atoms with E-state index >= 15 is 0 Å². The van der Waals surface area contributed by atoms with Crippen LogP contribution in [0.4, 0.5) is 5.69 Å². The molecule has 4 heteroatoms. The summed E-state index contributed by atoms with van der Waals surface area (Å²) in [4.78, 5) is 14.8. The third-order valence-electron chi connectivity index (χ3n) is 5.33. The third kappa shape index (κ3) is 2.98. The molecule has 1 aromatic carbocycles. The SMILES string of the molecule is CC(CNC(=O)[C@@H]1CCC[C@@H]1CN)N1CCc2ccccc21.